The number of ether oxygens (including phenoxy) is 5. The number of nitrogens with zero attached hydrogens (tertiary/aromatic N) is 6. The third kappa shape index (κ3) is 15.1. The van der Waals surface area contributed by atoms with Gasteiger partial charge in [0.05, 0.1) is 69.0 Å². The van der Waals surface area contributed by atoms with Crippen LogP contribution >= 0.6 is 0 Å². The van der Waals surface area contributed by atoms with Crippen LogP contribution in [-0.2, 0) is 38.5 Å². The third-order valence-corrected chi connectivity index (χ3v) is 12.8. The molecular formula is C54H66F4N10O7. The van der Waals surface area contributed by atoms with Crippen molar-refractivity contribution < 1.29 is 50.6 Å². The highest BCUT2D eigenvalue weighted by atomic mass is 19.4. The van der Waals surface area contributed by atoms with Crippen LogP contribution in [-0.4, -0.2) is 147 Å². The van der Waals surface area contributed by atoms with Crippen molar-refractivity contribution in [3.8, 4) is 22.6 Å². The molecule has 1 amide bonds. The number of hydrogen-bond donors (Lipinski definition) is 4. The zero-order chi connectivity index (χ0) is 52.7. The quantitative estimate of drug-likeness (QED) is 0.0272. The SMILES string of the molecule is CNc1nc2ncc(-c3c(C)noc3C)cc2n1Cc1cccc(OCC(=O)NCCOCCOCCOCCOc2ccc(NCCCc3cc4c(N[C@@H]5CCN(C)C[C@@H]5F)cccc4n3CC(F)(F)F)cc2)c1. The van der Waals surface area contributed by atoms with Gasteiger partial charge < -0.3 is 63.5 Å². The molecule has 4 aromatic heterocycles. The first-order valence-corrected chi connectivity index (χ1v) is 25.2. The van der Waals surface area contributed by atoms with Crippen LogP contribution in [0.25, 0.3) is 33.2 Å². The number of imidazole rings is 1. The Balaban J connectivity index is 0.652. The number of aryl methyl sites for hydroxylation is 3. The average Bonchev–Trinajstić information content (AvgIpc) is 4.05. The first-order valence-electron chi connectivity index (χ1n) is 25.2. The molecule has 402 valence electrons. The highest BCUT2D eigenvalue weighted by Crippen LogP contribution is 2.34. The van der Waals surface area contributed by atoms with Gasteiger partial charge in [0.15, 0.2) is 12.3 Å². The van der Waals surface area contributed by atoms with Crippen LogP contribution in [0.5, 0.6) is 11.5 Å². The highest BCUT2D eigenvalue weighted by molar-refractivity contribution is 5.93. The van der Waals surface area contributed by atoms with E-state index < -0.39 is 24.9 Å². The van der Waals surface area contributed by atoms with E-state index in [9.17, 15) is 22.4 Å². The second-order valence-electron chi connectivity index (χ2n) is 18.5. The minimum absolute atomic E-state index is 0.147. The lowest BCUT2D eigenvalue weighted by Crippen LogP contribution is -2.46. The molecule has 17 nitrogen and oxygen atoms in total. The van der Waals surface area contributed by atoms with E-state index in [1.807, 2.05) is 104 Å². The molecule has 75 heavy (non-hydrogen) atoms. The predicted molar refractivity (Wildman–Crippen MR) is 280 cm³/mol. The molecule has 0 spiro atoms. The minimum atomic E-state index is -4.40. The first kappa shape index (κ1) is 54.3. The Hall–Kier alpha value is -6.94. The Kier molecular flexibility index (Phi) is 18.8. The molecule has 21 heteroatoms. The molecule has 7 aromatic rings. The van der Waals surface area contributed by atoms with Crippen molar-refractivity contribution in [3.63, 3.8) is 0 Å². The fourth-order valence-electron chi connectivity index (χ4n) is 9.16. The standard InChI is InChI=1S/C54H66F4N10O7/c1-36-51(37(2)75-65-36)39-29-49-52(62-31-39)64-53(59-3)67(49)32-38-8-5-10-43(28-38)74-34-50(69)61-19-21-70-22-23-71-24-25-72-26-27-73-42-15-13-40(14-16-42)60-18-7-9-41-30-44-46(63-47-17-20-66(4)33-45(47)55)11-6-12-48(44)68(41)35-54(56,57)58/h5-6,8,10-16,28-31,45,47,60,63H,7,9,17-27,32-35H2,1-4H3,(H,61,69)(H,59,62,64)/t45-,47+/m0/s1. The van der Waals surface area contributed by atoms with E-state index in [2.05, 4.69) is 36.4 Å². The van der Waals surface area contributed by atoms with E-state index in [-0.39, 0.29) is 12.5 Å². The molecular weight excluding hydrogens is 977 g/mol. The van der Waals surface area contributed by atoms with E-state index >= 15 is 0 Å². The van der Waals surface area contributed by atoms with Gasteiger partial charge >= 0.3 is 6.18 Å². The number of anilines is 3. The number of amides is 1. The van der Waals surface area contributed by atoms with Gasteiger partial charge in [-0.1, -0.05) is 23.4 Å². The lowest BCUT2D eigenvalue weighted by atomic mass is 10.0. The number of benzene rings is 3. The topological polar surface area (TPSA) is 176 Å². The molecule has 4 N–H and O–H groups in total. The first-order chi connectivity index (χ1) is 36.3. The lowest BCUT2D eigenvalue weighted by molar-refractivity contribution is -0.140. The third-order valence-electron chi connectivity index (χ3n) is 12.8. The lowest BCUT2D eigenvalue weighted by Gasteiger charge is -2.33. The van der Waals surface area contributed by atoms with E-state index in [0.717, 1.165) is 45.9 Å². The van der Waals surface area contributed by atoms with Crippen LogP contribution in [0.1, 0.15) is 35.6 Å². The maximum atomic E-state index is 14.8. The fraction of sp³-hybridized carbons (Fsp3) is 0.444. The molecule has 1 saturated heterocycles. The van der Waals surface area contributed by atoms with E-state index in [0.29, 0.717) is 137 Å². The second-order valence-corrected chi connectivity index (χ2v) is 18.5. The summed E-state index contributed by atoms with van der Waals surface area (Å²) in [6.45, 7) is 7.50. The number of hydrogen-bond acceptors (Lipinski definition) is 14. The summed E-state index contributed by atoms with van der Waals surface area (Å²) in [5.74, 6) is 2.35. The number of rotatable bonds is 28. The summed E-state index contributed by atoms with van der Waals surface area (Å²) in [6.07, 6.45) is -2.06. The Morgan fingerprint density at radius 3 is 2.35 bits per heavy atom. The van der Waals surface area contributed by atoms with Gasteiger partial charge in [-0.15, -0.1) is 0 Å². The Labute approximate surface area is 433 Å². The zero-order valence-electron chi connectivity index (χ0n) is 42.8. The molecule has 3 aromatic carbocycles. The monoisotopic (exact) mass is 1040 g/mol. The fourth-order valence-corrected chi connectivity index (χ4v) is 9.16. The van der Waals surface area contributed by atoms with E-state index in [1.165, 1.54) is 4.57 Å². The molecule has 8 rings (SSSR count). The summed E-state index contributed by atoms with van der Waals surface area (Å²) in [6, 6.07) is 23.7. The maximum absolute atomic E-state index is 14.8. The van der Waals surface area contributed by atoms with Crippen LogP contribution in [0.4, 0.5) is 34.9 Å². The van der Waals surface area contributed by atoms with Gasteiger partial charge in [-0.25, -0.2) is 9.37 Å². The summed E-state index contributed by atoms with van der Waals surface area (Å²) >= 11 is 0. The van der Waals surface area contributed by atoms with E-state index in [4.69, 9.17) is 28.2 Å². The van der Waals surface area contributed by atoms with Gasteiger partial charge in [-0.2, -0.15) is 18.2 Å². The summed E-state index contributed by atoms with van der Waals surface area (Å²) in [7, 11) is 3.69. The normalized spacial score (nSPS) is 15.1. The number of alkyl halides is 4. The molecule has 5 heterocycles. The van der Waals surface area contributed by atoms with Crippen molar-refractivity contribution in [3.05, 3.63) is 108 Å². The summed E-state index contributed by atoms with van der Waals surface area (Å²) in [4.78, 5) is 23.7. The molecule has 0 saturated carbocycles. The highest BCUT2D eigenvalue weighted by Gasteiger charge is 2.31. The van der Waals surface area contributed by atoms with Crippen LogP contribution in [0, 0.1) is 13.8 Å². The van der Waals surface area contributed by atoms with Crippen molar-refractivity contribution in [1.29, 1.82) is 0 Å². The van der Waals surface area contributed by atoms with Crippen molar-refractivity contribution in [1.82, 2.24) is 34.5 Å². The van der Waals surface area contributed by atoms with Gasteiger partial charge in [-0.05, 0) is 106 Å². The van der Waals surface area contributed by atoms with E-state index in [1.54, 1.807) is 18.3 Å². The van der Waals surface area contributed by atoms with Gasteiger partial charge in [0.1, 0.15) is 36.6 Å². The van der Waals surface area contributed by atoms with Crippen LogP contribution in [0.15, 0.2) is 89.6 Å². The Bertz CT molecular complexity index is 2930. The van der Waals surface area contributed by atoms with Gasteiger partial charge in [0, 0.05) is 73.0 Å². The molecule has 2 atom stereocenters. The molecule has 0 bridgehead atoms. The van der Waals surface area contributed by atoms with Gasteiger partial charge in [0.2, 0.25) is 5.95 Å². The molecule has 0 radical (unpaired) electrons. The maximum Gasteiger partial charge on any atom is 0.406 e. The van der Waals surface area contributed by atoms with Crippen molar-refractivity contribution in [2.75, 3.05) is 109 Å². The molecule has 0 aliphatic carbocycles. The Morgan fingerprint density at radius 2 is 1.61 bits per heavy atom. The van der Waals surface area contributed by atoms with Crippen LogP contribution in [0.2, 0.25) is 0 Å². The number of pyridine rings is 1. The zero-order valence-corrected chi connectivity index (χ0v) is 42.8. The smallest absolute Gasteiger partial charge is 0.406 e. The van der Waals surface area contributed by atoms with Crippen LogP contribution < -0.4 is 30.7 Å². The largest absolute Gasteiger partial charge is 0.491 e. The second kappa shape index (κ2) is 26.0. The number of aromatic nitrogens is 5. The Morgan fingerprint density at radius 1 is 0.853 bits per heavy atom. The number of piperidine rings is 1. The van der Waals surface area contributed by atoms with Crippen LogP contribution in [0.3, 0.4) is 0 Å². The number of carbonyl (C=O) groups is 1. The summed E-state index contributed by atoms with van der Waals surface area (Å²) in [5.41, 5.74) is 7.56. The van der Waals surface area contributed by atoms with Gasteiger partial charge in [-0.3, -0.25) is 4.79 Å². The van der Waals surface area contributed by atoms with Gasteiger partial charge in [0.25, 0.3) is 5.91 Å². The summed E-state index contributed by atoms with van der Waals surface area (Å²) in [5, 5.41) is 17.4. The molecule has 0 unspecified atom stereocenters. The summed E-state index contributed by atoms with van der Waals surface area (Å²) < 4.78 is 93.3. The predicted octanol–water partition coefficient (Wildman–Crippen LogP) is 8.43. The molecule has 1 fully saturated rings. The number of likely N-dealkylation sites (tertiary alicyclic amines) is 1. The number of halogens is 4. The van der Waals surface area contributed by atoms with Crippen molar-refractivity contribution in [2.45, 2.75) is 64.6 Å². The molecule has 1 aliphatic rings. The number of carbonyl (C=O) groups excluding carboxylic acids is 1. The molecule has 1 aliphatic heterocycles. The number of nitrogens with one attached hydrogen (secondary N) is 4. The average molecular weight is 1040 g/mol. The number of fused-ring (bicyclic) bond motifs is 2. The van der Waals surface area contributed by atoms with Crippen molar-refractivity contribution in [2.24, 2.45) is 0 Å². The minimum Gasteiger partial charge on any atom is -0.491 e. The van der Waals surface area contributed by atoms with Crippen molar-refractivity contribution >= 4 is 45.3 Å².